The first kappa shape index (κ1) is 44.8. The van der Waals surface area contributed by atoms with E-state index < -0.39 is 11.4 Å². The lowest BCUT2D eigenvalue weighted by Crippen LogP contribution is -2.47. The molecule has 4 N–H and O–H groups in total. The topological polar surface area (TPSA) is 108 Å². The Kier molecular flexibility index (Phi) is 16.8. The van der Waals surface area contributed by atoms with Gasteiger partial charge in [-0.25, -0.2) is 19.6 Å². The second kappa shape index (κ2) is 22.2. The van der Waals surface area contributed by atoms with E-state index in [0.717, 1.165) is 87.8 Å². The average Bonchev–Trinajstić information content (AvgIpc) is 3.75. The Morgan fingerprint density at radius 2 is 1.69 bits per heavy atom. The van der Waals surface area contributed by atoms with Crippen molar-refractivity contribution in [2.24, 2.45) is 16.9 Å². The molecule has 2 aromatic carbocycles. The number of halogens is 2. The van der Waals surface area contributed by atoms with Crippen molar-refractivity contribution in [3.8, 4) is 0 Å². The molecule has 2 aromatic rings. The van der Waals surface area contributed by atoms with Crippen molar-refractivity contribution >= 4 is 29.7 Å². The molecule has 2 saturated heterocycles. The van der Waals surface area contributed by atoms with E-state index in [1.165, 1.54) is 34.1 Å². The average molecular weight is 809 g/mol. The number of ether oxygens (including phenoxy) is 1. The molecule has 10 nitrogen and oxygen atoms in total. The highest BCUT2D eigenvalue weighted by atomic mass is 19.1. The van der Waals surface area contributed by atoms with Crippen LogP contribution in [-0.2, 0) is 11.2 Å². The number of piperazine rings is 1. The van der Waals surface area contributed by atoms with Gasteiger partial charge in [-0.2, -0.15) is 5.10 Å². The van der Waals surface area contributed by atoms with E-state index in [0.29, 0.717) is 25.4 Å². The number of nitrogens with zero attached hydrogens (tertiary/aromatic N) is 6. The zero-order valence-corrected chi connectivity index (χ0v) is 34.9. The summed E-state index contributed by atoms with van der Waals surface area (Å²) in [6.45, 7) is 14.7. The van der Waals surface area contributed by atoms with E-state index in [-0.39, 0.29) is 24.6 Å². The van der Waals surface area contributed by atoms with E-state index in [2.05, 4.69) is 94.8 Å². The minimum absolute atomic E-state index is 0.0923. The maximum absolute atomic E-state index is 15.0. The van der Waals surface area contributed by atoms with Crippen LogP contribution >= 0.6 is 0 Å². The van der Waals surface area contributed by atoms with Crippen molar-refractivity contribution in [1.82, 2.24) is 10.0 Å². The Labute approximate surface area is 349 Å². The SMILES string of the molecule is C=C1N(c2ccc(N3CCN(c4ccc(CCC5COC(CN(N)C=N)(C(=C/C=C/F)/C(F)=C\C)C5)cc4)CC3)cc2)C=NN1C(CC)CC.OCC1=CC=CCC=C1. The number of nitrogens with two attached hydrogens (primary N) is 1. The molecule has 3 heterocycles. The van der Waals surface area contributed by atoms with Crippen molar-refractivity contribution in [1.29, 1.82) is 5.41 Å². The molecule has 2 atom stereocenters. The van der Waals surface area contributed by atoms with Crippen LogP contribution in [0.2, 0.25) is 0 Å². The van der Waals surface area contributed by atoms with E-state index in [9.17, 15) is 4.39 Å². The first-order valence-corrected chi connectivity index (χ1v) is 20.8. The fourth-order valence-corrected chi connectivity index (χ4v) is 8.03. The summed E-state index contributed by atoms with van der Waals surface area (Å²) >= 11 is 0. The highest BCUT2D eigenvalue weighted by molar-refractivity contribution is 5.85. The molecule has 0 saturated carbocycles. The predicted octanol–water partition coefficient (Wildman–Crippen LogP) is 8.93. The van der Waals surface area contributed by atoms with Gasteiger partial charge in [0.1, 0.15) is 23.6 Å². The molecule has 316 valence electrons. The number of aliphatic hydroxyl groups excluding tert-OH is 1. The van der Waals surface area contributed by atoms with Crippen LogP contribution in [0.5, 0.6) is 0 Å². The van der Waals surface area contributed by atoms with Crippen LogP contribution in [0.15, 0.2) is 138 Å². The molecule has 0 spiro atoms. The number of hydrogen-bond acceptors (Lipinski definition) is 9. The largest absolute Gasteiger partial charge is 0.392 e. The lowest BCUT2D eigenvalue weighted by atomic mass is 9.83. The van der Waals surface area contributed by atoms with E-state index in [1.54, 1.807) is 6.92 Å². The number of anilines is 3. The minimum Gasteiger partial charge on any atom is -0.392 e. The Hall–Kier alpha value is -5.30. The summed E-state index contributed by atoms with van der Waals surface area (Å²) in [5.41, 5.74) is 4.87. The highest BCUT2D eigenvalue weighted by Crippen LogP contribution is 2.42. The molecule has 2 fully saturated rings. The fraction of sp³-hybridized carbons (Fsp3) is 0.404. The molecule has 0 radical (unpaired) electrons. The standard InChI is InChI=1S/C39H52F2N8O.C8H10O/c1-5-33(6-2)49-30(4)48(29-44-49)36-18-16-35(17-19-36)46-23-21-45(22-24-46)34-14-12-31(13-15-34)10-11-32-25-39(50-26-32,27-47(43)28-42)37(9-8-20-40)38(41)7-3;9-7-8-5-3-1-2-4-6-8/h7-9,12-20,28-29,32-33,42H,4-6,10-11,21-27,43H2,1-3H3;1,3-6,9H,2,7H2/b20-8+,37-9+,38-7+,42-28?;. The molecule has 1 aliphatic carbocycles. The summed E-state index contributed by atoms with van der Waals surface area (Å²) in [5.74, 6) is 6.52. The van der Waals surface area contributed by atoms with Crippen molar-refractivity contribution in [3.63, 3.8) is 0 Å². The third-order valence-electron chi connectivity index (χ3n) is 11.4. The number of hydrazone groups is 1. The lowest BCUT2D eigenvalue weighted by molar-refractivity contribution is 0.0179. The second-order valence-electron chi connectivity index (χ2n) is 15.2. The predicted molar refractivity (Wildman–Crippen MR) is 240 cm³/mol. The molecule has 6 rings (SSSR count). The maximum Gasteiger partial charge on any atom is 0.128 e. The monoisotopic (exact) mass is 808 g/mol. The second-order valence-corrected chi connectivity index (χ2v) is 15.2. The van der Waals surface area contributed by atoms with Gasteiger partial charge in [0.05, 0.1) is 38.5 Å². The Morgan fingerprint density at radius 3 is 2.29 bits per heavy atom. The number of hydrazine groups is 1. The molecule has 0 bridgehead atoms. The normalized spacial score (nSPS) is 21.1. The zero-order valence-electron chi connectivity index (χ0n) is 34.9. The lowest BCUT2D eigenvalue weighted by Gasteiger charge is -2.37. The highest BCUT2D eigenvalue weighted by Gasteiger charge is 2.45. The summed E-state index contributed by atoms with van der Waals surface area (Å²) < 4.78 is 34.1. The Morgan fingerprint density at radius 1 is 1.05 bits per heavy atom. The van der Waals surface area contributed by atoms with Crippen LogP contribution in [0.4, 0.5) is 25.8 Å². The summed E-state index contributed by atoms with van der Waals surface area (Å²) in [7, 11) is 0. The van der Waals surface area contributed by atoms with Crippen LogP contribution in [0.25, 0.3) is 0 Å². The summed E-state index contributed by atoms with van der Waals surface area (Å²) in [5, 5.41) is 24.0. The molecule has 3 aliphatic heterocycles. The summed E-state index contributed by atoms with van der Waals surface area (Å²) in [6.07, 6.45) is 22.3. The third kappa shape index (κ3) is 11.7. The Balaban J connectivity index is 0.000000649. The minimum atomic E-state index is -1.08. The van der Waals surface area contributed by atoms with Gasteiger partial charge in [0.15, 0.2) is 0 Å². The van der Waals surface area contributed by atoms with Crippen molar-refractivity contribution in [2.75, 3.05) is 60.6 Å². The van der Waals surface area contributed by atoms with Gasteiger partial charge in [0, 0.05) is 48.8 Å². The first-order valence-electron chi connectivity index (χ1n) is 20.8. The van der Waals surface area contributed by atoms with E-state index in [1.807, 2.05) is 35.7 Å². The van der Waals surface area contributed by atoms with Crippen LogP contribution in [-0.4, -0.2) is 85.4 Å². The van der Waals surface area contributed by atoms with E-state index in [4.69, 9.17) is 21.1 Å². The first-order chi connectivity index (χ1) is 28.7. The molecule has 0 aromatic heterocycles. The van der Waals surface area contributed by atoms with E-state index >= 15 is 4.39 Å². The molecule has 4 aliphatic rings. The van der Waals surface area contributed by atoms with Crippen LogP contribution < -0.4 is 20.5 Å². The molecule has 2 unspecified atom stereocenters. The molecular weight excluding hydrogens is 747 g/mol. The van der Waals surface area contributed by atoms with Crippen LogP contribution in [0.3, 0.4) is 0 Å². The number of aryl methyl sites for hydroxylation is 1. The van der Waals surface area contributed by atoms with Crippen LogP contribution in [0.1, 0.15) is 58.4 Å². The number of aliphatic hydroxyl groups is 1. The van der Waals surface area contributed by atoms with Gasteiger partial charge in [0.2, 0.25) is 0 Å². The number of rotatable bonds is 16. The van der Waals surface area contributed by atoms with Crippen molar-refractivity contribution in [3.05, 3.63) is 138 Å². The maximum atomic E-state index is 15.0. The fourth-order valence-electron chi connectivity index (χ4n) is 8.03. The van der Waals surface area contributed by atoms with Crippen LogP contribution in [0, 0.1) is 11.3 Å². The Bertz CT molecular complexity index is 1890. The van der Waals surface area contributed by atoms with Crippen molar-refractivity contribution in [2.45, 2.75) is 70.9 Å². The molecule has 0 amide bonds. The van der Waals surface area contributed by atoms with Gasteiger partial charge in [-0.05, 0) is 105 Å². The smallest absolute Gasteiger partial charge is 0.128 e. The van der Waals surface area contributed by atoms with Gasteiger partial charge in [-0.15, -0.1) is 0 Å². The van der Waals surface area contributed by atoms with Gasteiger partial charge in [-0.1, -0.05) is 75.1 Å². The number of nitrogens with one attached hydrogen (secondary N) is 1. The van der Waals surface area contributed by atoms with Gasteiger partial charge in [-0.3, -0.25) is 15.3 Å². The summed E-state index contributed by atoms with van der Waals surface area (Å²) in [4.78, 5) is 6.92. The van der Waals surface area contributed by atoms with Gasteiger partial charge in [0.25, 0.3) is 0 Å². The zero-order chi connectivity index (χ0) is 42.2. The van der Waals surface area contributed by atoms with Crippen molar-refractivity contribution < 1.29 is 18.6 Å². The summed E-state index contributed by atoms with van der Waals surface area (Å²) in [6, 6.07) is 17.8. The van der Waals surface area contributed by atoms with Gasteiger partial charge < -0.3 is 19.6 Å². The molecular formula is C47H62F2N8O2. The van der Waals surface area contributed by atoms with Gasteiger partial charge >= 0.3 is 0 Å². The quantitative estimate of drug-likeness (QED) is 0.0508. The number of benzene rings is 2. The molecule has 12 heteroatoms. The number of hydrogen-bond donors (Lipinski definition) is 3. The molecule has 59 heavy (non-hydrogen) atoms. The number of allylic oxidation sites excluding steroid dienone is 7. The third-order valence-corrected chi connectivity index (χ3v) is 11.4.